The minimum atomic E-state index is -0.00996. The van der Waals surface area contributed by atoms with E-state index in [4.69, 9.17) is 0 Å². The van der Waals surface area contributed by atoms with Crippen molar-refractivity contribution in [3.63, 3.8) is 0 Å². The van der Waals surface area contributed by atoms with E-state index in [-0.39, 0.29) is 5.56 Å². The molecule has 3 rings (SSSR count). The van der Waals surface area contributed by atoms with Gasteiger partial charge in [-0.25, -0.2) is 4.98 Å². The molecule has 0 amide bonds. The second-order valence-corrected chi connectivity index (χ2v) is 8.31. The molecule has 3 aromatic rings. The lowest BCUT2D eigenvalue weighted by Gasteiger charge is -2.08. The summed E-state index contributed by atoms with van der Waals surface area (Å²) in [7, 11) is 0. The number of aromatic nitrogens is 4. The minimum absolute atomic E-state index is 0.00996. The molecule has 0 saturated heterocycles. The largest absolute Gasteiger partial charge is 0.301 e. The van der Waals surface area contributed by atoms with E-state index in [9.17, 15) is 4.79 Å². The van der Waals surface area contributed by atoms with Crippen LogP contribution in [0.25, 0.3) is 10.2 Å². The van der Waals surface area contributed by atoms with Crippen molar-refractivity contribution >= 4 is 33.3 Å². The van der Waals surface area contributed by atoms with Gasteiger partial charge in [-0.1, -0.05) is 32.0 Å². The highest BCUT2D eigenvalue weighted by molar-refractivity contribution is 7.99. The Hall–Kier alpha value is -1.60. The van der Waals surface area contributed by atoms with Gasteiger partial charge in [0.1, 0.15) is 4.83 Å². The molecule has 1 atom stereocenters. The van der Waals surface area contributed by atoms with Crippen LogP contribution < -0.4 is 5.56 Å². The lowest BCUT2D eigenvalue weighted by molar-refractivity contribution is 0.561. The molecule has 0 bridgehead atoms. The molecule has 0 aliphatic heterocycles. The molecule has 128 valence electrons. The summed E-state index contributed by atoms with van der Waals surface area (Å²) in [5, 5.41) is 5.66. The van der Waals surface area contributed by atoms with Gasteiger partial charge in [-0.15, -0.1) is 11.3 Å². The number of thioether (sulfide) groups is 1. The average molecular weight is 363 g/mol. The second kappa shape index (κ2) is 7.53. The van der Waals surface area contributed by atoms with E-state index in [1.54, 1.807) is 29.3 Å². The zero-order valence-corrected chi connectivity index (χ0v) is 15.8. The zero-order valence-electron chi connectivity index (χ0n) is 14.2. The van der Waals surface area contributed by atoms with Crippen LogP contribution in [0, 0.1) is 12.8 Å². The molecule has 5 nitrogen and oxygen atoms in total. The van der Waals surface area contributed by atoms with Crippen LogP contribution in [-0.2, 0) is 13.0 Å². The number of thiophene rings is 1. The van der Waals surface area contributed by atoms with E-state index in [1.807, 2.05) is 16.9 Å². The Bertz CT molecular complexity index is 867. The number of nitrogens with one attached hydrogen (secondary N) is 1. The summed E-state index contributed by atoms with van der Waals surface area (Å²) in [6.07, 6.45) is 5.76. The van der Waals surface area contributed by atoms with E-state index in [0.717, 1.165) is 35.4 Å². The molecule has 3 aromatic heterocycles. The van der Waals surface area contributed by atoms with Gasteiger partial charge in [0.25, 0.3) is 5.56 Å². The number of aryl methyl sites for hydroxylation is 2. The maximum Gasteiger partial charge on any atom is 0.260 e. The summed E-state index contributed by atoms with van der Waals surface area (Å²) >= 11 is 3.19. The van der Waals surface area contributed by atoms with Crippen molar-refractivity contribution < 1.29 is 0 Å². The molecule has 0 aliphatic carbocycles. The van der Waals surface area contributed by atoms with Crippen molar-refractivity contribution in [1.29, 1.82) is 0 Å². The molecule has 0 radical (unpaired) electrons. The number of hydrogen-bond acceptors (Lipinski definition) is 5. The predicted octanol–water partition coefficient (Wildman–Crippen LogP) is 3.87. The number of nitrogens with zero attached hydrogens (tertiary/aromatic N) is 3. The molecule has 0 aromatic carbocycles. The molecule has 24 heavy (non-hydrogen) atoms. The van der Waals surface area contributed by atoms with Crippen molar-refractivity contribution in [2.24, 2.45) is 5.92 Å². The third-order valence-electron chi connectivity index (χ3n) is 4.21. The van der Waals surface area contributed by atoms with Crippen LogP contribution in [0.3, 0.4) is 0 Å². The molecule has 0 unspecified atom stereocenters. The molecule has 0 fully saturated rings. The van der Waals surface area contributed by atoms with E-state index in [0.29, 0.717) is 11.1 Å². The number of hydrogen-bond donors (Lipinski definition) is 1. The van der Waals surface area contributed by atoms with Gasteiger partial charge < -0.3 is 4.98 Å². The highest BCUT2D eigenvalue weighted by Gasteiger charge is 2.16. The number of aromatic amines is 1. The molecular weight excluding hydrogens is 340 g/mol. The minimum Gasteiger partial charge on any atom is -0.301 e. The first-order chi connectivity index (χ1) is 11.6. The Morgan fingerprint density at radius 3 is 3.00 bits per heavy atom. The van der Waals surface area contributed by atoms with Gasteiger partial charge in [0.2, 0.25) is 0 Å². The first-order valence-corrected chi connectivity index (χ1v) is 10.0. The standard InChI is InChI=1S/C17H22N4OS2/c1-4-11(2)10-13-12(3)24-16-14(13)15(22)19-17(20-16)23-9-8-21-7-5-6-18-21/h5-7,11H,4,8-10H2,1-3H3,(H,19,20,22)/t11-/m1/s1. The van der Waals surface area contributed by atoms with Gasteiger partial charge in [-0.3, -0.25) is 9.48 Å². The fourth-order valence-electron chi connectivity index (χ4n) is 2.63. The third-order valence-corrected chi connectivity index (χ3v) is 6.10. The Kier molecular flexibility index (Phi) is 5.40. The Morgan fingerprint density at radius 2 is 2.29 bits per heavy atom. The van der Waals surface area contributed by atoms with Gasteiger partial charge in [0.05, 0.1) is 11.9 Å². The predicted molar refractivity (Wildman–Crippen MR) is 101 cm³/mol. The Labute approximate surface area is 149 Å². The molecule has 3 heterocycles. The summed E-state index contributed by atoms with van der Waals surface area (Å²) in [5.74, 6) is 1.39. The van der Waals surface area contributed by atoms with Crippen LogP contribution in [0.4, 0.5) is 0 Å². The highest BCUT2D eigenvalue weighted by Crippen LogP contribution is 2.30. The first-order valence-electron chi connectivity index (χ1n) is 8.21. The van der Waals surface area contributed by atoms with E-state index < -0.39 is 0 Å². The molecule has 0 spiro atoms. The number of rotatable bonds is 7. The van der Waals surface area contributed by atoms with Crippen LogP contribution in [-0.4, -0.2) is 25.5 Å². The monoisotopic (exact) mass is 362 g/mol. The molecule has 1 N–H and O–H groups in total. The number of fused-ring (bicyclic) bond motifs is 1. The van der Waals surface area contributed by atoms with E-state index >= 15 is 0 Å². The van der Waals surface area contributed by atoms with Crippen LogP contribution in [0.15, 0.2) is 28.4 Å². The van der Waals surface area contributed by atoms with Crippen molar-refractivity contribution in [2.45, 2.75) is 45.3 Å². The van der Waals surface area contributed by atoms with Gasteiger partial charge in [-0.2, -0.15) is 5.10 Å². The number of H-pyrrole nitrogens is 1. The molecular formula is C17H22N4OS2. The van der Waals surface area contributed by atoms with Crippen molar-refractivity contribution in [2.75, 3.05) is 5.75 Å². The fourth-order valence-corrected chi connectivity index (χ4v) is 4.53. The topological polar surface area (TPSA) is 63.6 Å². The van der Waals surface area contributed by atoms with Gasteiger partial charge in [0.15, 0.2) is 5.16 Å². The lowest BCUT2D eigenvalue weighted by atomic mass is 9.98. The fraction of sp³-hybridized carbons (Fsp3) is 0.471. The quantitative estimate of drug-likeness (QED) is 0.512. The molecule has 0 aliphatic rings. The van der Waals surface area contributed by atoms with Gasteiger partial charge >= 0.3 is 0 Å². The summed E-state index contributed by atoms with van der Waals surface area (Å²) in [4.78, 5) is 22.3. The third kappa shape index (κ3) is 3.72. The molecule has 0 saturated carbocycles. The van der Waals surface area contributed by atoms with E-state index in [1.165, 1.54) is 10.4 Å². The summed E-state index contributed by atoms with van der Waals surface area (Å²) < 4.78 is 1.88. The lowest BCUT2D eigenvalue weighted by Crippen LogP contribution is -2.11. The van der Waals surface area contributed by atoms with Gasteiger partial charge in [0, 0.05) is 23.0 Å². The van der Waals surface area contributed by atoms with Crippen LogP contribution in [0.1, 0.15) is 30.7 Å². The van der Waals surface area contributed by atoms with Crippen molar-refractivity contribution in [3.8, 4) is 0 Å². The zero-order chi connectivity index (χ0) is 17.1. The summed E-state index contributed by atoms with van der Waals surface area (Å²) in [6.45, 7) is 7.30. The normalized spacial score (nSPS) is 12.8. The second-order valence-electron chi connectivity index (χ2n) is 6.02. The average Bonchev–Trinajstić information content (AvgIpc) is 3.16. The molecule has 7 heteroatoms. The Balaban J connectivity index is 1.81. The van der Waals surface area contributed by atoms with Gasteiger partial charge in [-0.05, 0) is 30.9 Å². The van der Waals surface area contributed by atoms with Crippen molar-refractivity contribution in [3.05, 3.63) is 39.3 Å². The van der Waals surface area contributed by atoms with Crippen LogP contribution in [0.2, 0.25) is 0 Å². The summed E-state index contributed by atoms with van der Waals surface area (Å²) in [6, 6.07) is 1.91. The summed E-state index contributed by atoms with van der Waals surface area (Å²) in [5.41, 5.74) is 1.16. The smallest absolute Gasteiger partial charge is 0.260 e. The SMILES string of the molecule is CC[C@@H](C)Cc1c(C)sc2nc(SCCn3cccn3)[nH]c(=O)c12. The maximum absolute atomic E-state index is 12.6. The Morgan fingerprint density at radius 1 is 1.46 bits per heavy atom. The highest BCUT2D eigenvalue weighted by atomic mass is 32.2. The maximum atomic E-state index is 12.6. The van der Waals surface area contributed by atoms with Crippen LogP contribution >= 0.6 is 23.1 Å². The van der Waals surface area contributed by atoms with Crippen molar-refractivity contribution in [1.82, 2.24) is 19.7 Å². The first kappa shape index (κ1) is 17.2. The van der Waals surface area contributed by atoms with Crippen LogP contribution in [0.5, 0.6) is 0 Å². The van der Waals surface area contributed by atoms with E-state index in [2.05, 4.69) is 35.8 Å².